The van der Waals surface area contributed by atoms with E-state index in [2.05, 4.69) is 16.7 Å². The van der Waals surface area contributed by atoms with Crippen molar-refractivity contribution in [1.82, 2.24) is 15.5 Å². The van der Waals surface area contributed by atoms with Crippen LogP contribution in [0.25, 0.3) is 0 Å². The first-order valence-electron chi connectivity index (χ1n) is 9.44. The second-order valence-electron chi connectivity index (χ2n) is 7.69. The van der Waals surface area contributed by atoms with E-state index in [9.17, 15) is 19.6 Å². The van der Waals surface area contributed by atoms with E-state index >= 15 is 0 Å². The Hall–Kier alpha value is -2.88. The van der Waals surface area contributed by atoms with Crippen LogP contribution in [0.2, 0.25) is 0 Å². The van der Waals surface area contributed by atoms with Crippen molar-refractivity contribution < 1.29 is 14.4 Å². The molecule has 1 spiro atoms. The Morgan fingerprint density at radius 1 is 1.19 bits per heavy atom. The molecule has 1 aromatic rings. The molecule has 1 aromatic carbocycles. The Morgan fingerprint density at radius 3 is 2.67 bits per heavy atom. The minimum Gasteiger partial charge on any atom is -0.336 e. The minimum atomic E-state index is -1.06. The van der Waals surface area contributed by atoms with E-state index in [1.807, 2.05) is 24.3 Å². The molecule has 7 heteroatoms. The molecule has 3 aliphatic rings. The SMILES string of the molecule is N#CC1(NC(=O)CN2C(=O)N[C@@]3(CCc4ccccc43)C2=O)CCCCC1. The number of nitrogens with one attached hydrogen (secondary N) is 2. The lowest BCUT2D eigenvalue weighted by Crippen LogP contribution is -2.52. The van der Waals surface area contributed by atoms with Crippen LogP contribution in [0, 0.1) is 11.3 Å². The second-order valence-corrected chi connectivity index (χ2v) is 7.69. The van der Waals surface area contributed by atoms with Gasteiger partial charge in [-0.3, -0.25) is 14.5 Å². The fourth-order valence-electron chi connectivity index (χ4n) is 4.60. The van der Waals surface area contributed by atoms with Crippen molar-refractivity contribution in [3.05, 3.63) is 35.4 Å². The number of amides is 4. The minimum absolute atomic E-state index is 0.363. The maximum atomic E-state index is 13.1. The summed E-state index contributed by atoms with van der Waals surface area (Å²) in [4.78, 5) is 39.1. The van der Waals surface area contributed by atoms with E-state index in [1.54, 1.807) is 0 Å². The largest absolute Gasteiger partial charge is 0.336 e. The number of nitrogens with zero attached hydrogens (tertiary/aromatic N) is 2. The Labute approximate surface area is 157 Å². The molecule has 1 saturated heterocycles. The summed E-state index contributed by atoms with van der Waals surface area (Å²) in [6.07, 6.45) is 5.23. The summed E-state index contributed by atoms with van der Waals surface area (Å²) in [5.74, 6) is -0.854. The number of carbonyl (C=O) groups excluding carboxylic acids is 3. The van der Waals surface area contributed by atoms with Crippen LogP contribution in [0.5, 0.6) is 0 Å². The zero-order valence-corrected chi connectivity index (χ0v) is 15.1. The van der Waals surface area contributed by atoms with Crippen LogP contribution in [0.15, 0.2) is 24.3 Å². The standard InChI is InChI=1S/C20H22N4O3/c21-13-19(9-4-1-5-10-19)22-16(25)12-24-17(26)20(23-18(24)27)11-8-14-6-2-3-7-15(14)20/h2-3,6-7H,1,4-5,8-12H2,(H,22,25)(H,23,27)/t20-/m1/s1. The molecule has 1 atom stereocenters. The predicted octanol–water partition coefficient (Wildman–Crippen LogP) is 1.72. The molecular weight excluding hydrogens is 344 g/mol. The smallest absolute Gasteiger partial charge is 0.325 e. The van der Waals surface area contributed by atoms with Crippen LogP contribution in [0.4, 0.5) is 4.79 Å². The molecule has 140 valence electrons. The van der Waals surface area contributed by atoms with Gasteiger partial charge in [0.25, 0.3) is 5.91 Å². The second kappa shape index (κ2) is 6.38. The van der Waals surface area contributed by atoms with Crippen LogP contribution < -0.4 is 10.6 Å². The Balaban J connectivity index is 1.51. The monoisotopic (exact) mass is 366 g/mol. The lowest BCUT2D eigenvalue weighted by molar-refractivity contribution is -0.135. The van der Waals surface area contributed by atoms with E-state index in [1.165, 1.54) is 0 Å². The molecule has 0 radical (unpaired) electrons. The molecule has 0 bridgehead atoms. The number of imide groups is 1. The first-order valence-corrected chi connectivity index (χ1v) is 9.44. The van der Waals surface area contributed by atoms with Gasteiger partial charge in [0.15, 0.2) is 0 Å². The lowest BCUT2D eigenvalue weighted by Gasteiger charge is -2.32. The molecule has 0 unspecified atom stereocenters. The van der Waals surface area contributed by atoms with Crippen molar-refractivity contribution >= 4 is 17.8 Å². The van der Waals surface area contributed by atoms with Gasteiger partial charge < -0.3 is 10.6 Å². The molecule has 2 N–H and O–H groups in total. The third kappa shape index (κ3) is 2.76. The van der Waals surface area contributed by atoms with Crippen LogP contribution >= 0.6 is 0 Å². The van der Waals surface area contributed by atoms with E-state index in [-0.39, 0.29) is 12.5 Å². The molecule has 4 amide bonds. The van der Waals surface area contributed by atoms with Crippen molar-refractivity contribution in [2.45, 2.75) is 56.0 Å². The van der Waals surface area contributed by atoms with Gasteiger partial charge in [-0.15, -0.1) is 0 Å². The highest BCUT2D eigenvalue weighted by molar-refractivity contribution is 6.10. The summed E-state index contributed by atoms with van der Waals surface area (Å²) in [6, 6.07) is 9.24. The van der Waals surface area contributed by atoms with Gasteiger partial charge in [-0.05, 0) is 36.8 Å². The number of rotatable bonds is 3. The highest BCUT2D eigenvalue weighted by Gasteiger charge is 2.55. The van der Waals surface area contributed by atoms with Crippen LogP contribution in [-0.2, 0) is 21.5 Å². The number of fused-ring (bicyclic) bond motifs is 2. The van der Waals surface area contributed by atoms with Crippen molar-refractivity contribution in [3.8, 4) is 6.07 Å². The molecule has 4 rings (SSSR count). The summed E-state index contributed by atoms with van der Waals surface area (Å²) >= 11 is 0. The Bertz CT molecular complexity index is 853. The molecule has 2 aliphatic carbocycles. The highest BCUT2D eigenvalue weighted by atomic mass is 16.2. The first-order chi connectivity index (χ1) is 13.0. The quantitative estimate of drug-likeness (QED) is 0.795. The van der Waals surface area contributed by atoms with E-state index in [0.717, 1.165) is 35.3 Å². The fourth-order valence-corrected chi connectivity index (χ4v) is 4.60. The number of aryl methyl sites for hydroxylation is 1. The normalized spacial score (nSPS) is 25.8. The van der Waals surface area contributed by atoms with Gasteiger partial charge in [-0.2, -0.15) is 5.26 Å². The number of hydrogen-bond donors (Lipinski definition) is 2. The van der Waals surface area contributed by atoms with Crippen LogP contribution in [0.3, 0.4) is 0 Å². The molecular formula is C20H22N4O3. The topological polar surface area (TPSA) is 102 Å². The summed E-state index contributed by atoms with van der Waals surface area (Å²) in [5.41, 5.74) is -0.0899. The number of carbonyl (C=O) groups is 3. The van der Waals surface area contributed by atoms with Crippen LogP contribution in [-0.4, -0.2) is 34.8 Å². The fraction of sp³-hybridized carbons (Fsp3) is 0.500. The maximum absolute atomic E-state index is 13.1. The molecule has 1 aliphatic heterocycles. The molecule has 7 nitrogen and oxygen atoms in total. The third-order valence-corrected chi connectivity index (χ3v) is 6.02. The lowest BCUT2D eigenvalue weighted by atomic mass is 9.83. The van der Waals surface area contributed by atoms with Gasteiger partial charge in [0, 0.05) is 0 Å². The van der Waals surface area contributed by atoms with E-state index in [0.29, 0.717) is 25.7 Å². The highest BCUT2D eigenvalue weighted by Crippen LogP contribution is 2.41. The first kappa shape index (κ1) is 17.5. The van der Waals surface area contributed by atoms with Crippen LogP contribution in [0.1, 0.15) is 49.7 Å². The number of nitriles is 1. The summed E-state index contributed by atoms with van der Waals surface area (Å²) < 4.78 is 0. The number of hydrogen-bond acceptors (Lipinski definition) is 4. The van der Waals surface area contributed by atoms with Crippen molar-refractivity contribution in [1.29, 1.82) is 5.26 Å². The molecule has 1 heterocycles. The molecule has 2 fully saturated rings. The van der Waals surface area contributed by atoms with E-state index < -0.39 is 23.0 Å². The summed E-state index contributed by atoms with van der Waals surface area (Å²) in [5, 5.41) is 15.1. The number of urea groups is 1. The van der Waals surface area contributed by atoms with E-state index in [4.69, 9.17) is 0 Å². The van der Waals surface area contributed by atoms with Gasteiger partial charge in [-0.1, -0.05) is 43.5 Å². The van der Waals surface area contributed by atoms with Crippen molar-refractivity contribution in [2.75, 3.05) is 6.54 Å². The van der Waals surface area contributed by atoms with Gasteiger partial charge in [0.05, 0.1) is 6.07 Å². The molecule has 1 saturated carbocycles. The Morgan fingerprint density at radius 2 is 1.93 bits per heavy atom. The third-order valence-electron chi connectivity index (χ3n) is 6.02. The summed E-state index contributed by atoms with van der Waals surface area (Å²) in [7, 11) is 0. The van der Waals surface area contributed by atoms with Gasteiger partial charge in [-0.25, -0.2) is 4.79 Å². The predicted molar refractivity (Wildman–Crippen MR) is 96.3 cm³/mol. The zero-order valence-electron chi connectivity index (χ0n) is 15.1. The molecule has 27 heavy (non-hydrogen) atoms. The van der Waals surface area contributed by atoms with Gasteiger partial charge >= 0.3 is 6.03 Å². The number of benzene rings is 1. The maximum Gasteiger partial charge on any atom is 0.325 e. The van der Waals surface area contributed by atoms with Gasteiger partial charge in [0.2, 0.25) is 5.91 Å². The zero-order chi connectivity index (χ0) is 19.1. The Kier molecular flexibility index (Phi) is 4.14. The van der Waals surface area contributed by atoms with Crippen molar-refractivity contribution in [2.24, 2.45) is 0 Å². The summed E-state index contributed by atoms with van der Waals surface area (Å²) in [6.45, 7) is -0.363. The van der Waals surface area contributed by atoms with Gasteiger partial charge in [0.1, 0.15) is 17.6 Å². The average molecular weight is 366 g/mol. The van der Waals surface area contributed by atoms with Crippen molar-refractivity contribution in [3.63, 3.8) is 0 Å². The average Bonchev–Trinajstić information content (AvgIpc) is 3.16. The molecule has 0 aromatic heterocycles.